The summed E-state index contributed by atoms with van der Waals surface area (Å²) in [4.78, 5) is 0.808. The van der Waals surface area contributed by atoms with Crippen molar-refractivity contribution in [2.24, 2.45) is 0 Å². The van der Waals surface area contributed by atoms with Crippen molar-refractivity contribution in [3.8, 4) is 0 Å². The van der Waals surface area contributed by atoms with E-state index in [2.05, 4.69) is 0 Å². The van der Waals surface area contributed by atoms with E-state index in [1.165, 1.54) is 0 Å². The minimum atomic E-state index is -2.02. The monoisotopic (exact) mass is 207 g/mol. The van der Waals surface area contributed by atoms with Gasteiger partial charge in [-0.2, -0.15) is 0 Å². The minimum Gasteiger partial charge on any atom is -0.460 e. The van der Waals surface area contributed by atoms with E-state index in [1.54, 1.807) is 0 Å². The summed E-state index contributed by atoms with van der Waals surface area (Å²) in [6, 6.07) is 7.65. The Hall–Kier alpha value is -0.890. The summed E-state index contributed by atoms with van der Waals surface area (Å²) in [6.45, 7) is 0. The van der Waals surface area contributed by atoms with Gasteiger partial charge in [-0.15, -0.1) is 11.8 Å². The third-order valence-electron chi connectivity index (χ3n) is 2.63. The molecule has 72 valence electrons. The van der Waals surface area contributed by atoms with Crippen LogP contribution in [0, 0.1) is 0 Å². The predicted molar refractivity (Wildman–Crippen MR) is 60.0 cm³/mol. The molecule has 0 spiro atoms. The Morgan fingerprint density at radius 1 is 1.43 bits per heavy atom. The van der Waals surface area contributed by atoms with Gasteiger partial charge in [-0.1, -0.05) is 12.1 Å². The van der Waals surface area contributed by atoms with Crippen LogP contribution in [-0.4, -0.2) is 6.18 Å². The first-order valence-corrected chi connectivity index (χ1v) is 5.57. The molecule has 3 rings (SSSR count). The van der Waals surface area contributed by atoms with Crippen molar-refractivity contribution in [3.63, 3.8) is 0 Å². The zero-order valence-corrected chi connectivity index (χ0v) is 8.43. The van der Waals surface area contributed by atoms with Gasteiger partial charge < -0.3 is 4.42 Å². The van der Waals surface area contributed by atoms with Crippen LogP contribution in [0.2, 0.25) is 0 Å². The fourth-order valence-electron chi connectivity index (χ4n) is 1.76. The van der Waals surface area contributed by atoms with Gasteiger partial charge in [-0.3, -0.25) is 0 Å². The van der Waals surface area contributed by atoms with E-state index in [1.807, 2.05) is 24.3 Å². The third kappa shape index (κ3) is 1.17. The molecule has 0 bridgehead atoms. The zero-order valence-electron chi connectivity index (χ0n) is 10.6. The molecular formula is C12H12OS. The Labute approximate surface area is 91.7 Å². The summed E-state index contributed by atoms with van der Waals surface area (Å²) in [5.41, 5.74) is 0.793. The lowest BCUT2D eigenvalue weighted by Crippen LogP contribution is -1.75. The zero-order chi connectivity index (χ0) is 12.0. The van der Waals surface area contributed by atoms with Crippen LogP contribution >= 0.6 is 11.8 Å². The van der Waals surface area contributed by atoms with E-state index in [0.717, 1.165) is 46.2 Å². The second-order valence-corrected chi connectivity index (χ2v) is 4.28. The van der Waals surface area contributed by atoms with Gasteiger partial charge in [0.2, 0.25) is 0 Å². The molecule has 1 aliphatic carbocycles. The Morgan fingerprint density at radius 2 is 2.29 bits per heavy atom. The van der Waals surface area contributed by atoms with Gasteiger partial charge in [0.25, 0.3) is 0 Å². The van der Waals surface area contributed by atoms with Crippen LogP contribution in [0.3, 0.4) is 0 Å². The fourth-order valence-corrected chi connectivity index (χ4v) is 2.35. The Morgan fingerprint density at radius 3 is 3.07 bits per heavy atom. The average Bonchev–Trinajstić information content (AvgIpc) is 3.02. The molecule has 0 N–H and O–H groups in total. The van der Waals surface area contributed by atoms with Crippen molar-refractivity contribution < 1.29 is 8.53 Å². The largest absolute Gasteiger partial charge is 0.460 e. The van der Waals surface area contributed by atoms with Crippen molar-refractivity contribution in [3.05, 3.63) is 30.0 Å². The summed E-state index contributed by atoms with van der Waals surface area (Å²) < 4.78 is 28.0. The summed E-state index contributed by atoms with van der Waals surface area (Å²) in [5.74, 6) is 1.29. The van der Waals surface area contributed by atoms with E-state index in [-0.39, 0.29) is 0 Å². The molecule has 1 nitrogen and oxygen atoms in total. The molecule has 0 aliphatic heterocycles. The average molecular weight is 207 g/mol. The number of thioether (sulfide) groups is 1. The molecule has 0 atom stereocenters. The van der Waals surface area contributed by atoms with Crippen LogP contribution in [0.4, 0.5) is 0 Å². The fraction of sp³-hybridized carbons (Fsp3) is 0.333. The lowest BCUT2D eigenvalue weighted by molar-refractivity contribution is 0.541. The molecule has 1 heterocycles. The molecule has 1 aromatic heterocycles. The second-order valence-electron chi connectivity index (χ2n) is 3.67. The standard InChI is InChI=1S/C12H12OS/c1-14-12-9-4-2-3-5-10(9)13-11(12)8-6-7-8/h2-5,8H,6-7H2,1H3/i1D3. The van der Waals surface area contributed by atoms with Crippen LogP contribution in [0.1, 0.15) is 28.6 Å². The van der Waals surface area contributed by atoms with Crippen molar-refractivity contribution in [1.82, 2.24) is 0 Å². The maximum absolute atomic E-state index is 7.40. The molecule has 2 aromatic rings. The van der Waals surface area contributed by atoms with Crippen LogP contribution in [-0.2, 0) is 0 Å². The lowest BCUT2D eigenvalue weighted by atomic mass is 10.2. The highest BCUT2D eigenvalue weighted by molar-refractivity contribution is 7.98. The molecule has 1 saturated carbocycles. The highest BCUT2D eigenvalue weighted by Crippen LogP contribution is 2.47. The van der Waals surface area contributed by atoms with Crippen molar-refractivity contribution >= 4 is 22.7 Å². The number of para-hydroxylation sites is 1. The predicted octanol–water partition coefficient (Wildman–Crippen LogP) is 4.03. The van der Waals surface area contributed by atoms with Gasteiger partial charge in [-0.05, 0) is 31.2 Å². The van der Waals surface area contributed by atoms with Crippen LogP contribution in [0.15, 0.2) is 33.6 Å². The topological polar surface area (TPSA) is 13.1 Å². The normalized spacial score (nSPS) is 20.4. The van der Waals surface area contributed by atoms with Crippen molar-refractivity contribution in [2.45, 2.75) is 23.7 Å². The second kappa shape index (κ2) is 3.06. The SMILES string of the molecule is [2H]C([2H])([2H])Sc1c(C2CC2)oc2ccccc12. The summed E-state index contributed by atoms with van der Waals surface area (Å²) in [5, 5.41) is 0.926. The quantitative estimate of drug-likeness (QED) is 0.690. The smallest absolute Gasteiger partial charge is 0.135 e. The molecule has 0 amide bonds. The maximum Gasteiger partial charge on any atom is 0.135 e. The number of rotatable bonds is 2. The van der Waals surface area contributed by atoms with Gasteiger partial charge in [-0.25, -0.2) is 0 Å². The lowest BCUT2D eigenvalue weighted by Gasteiger charge is -1.95. The first-order chi connectivity index (χ1) is 8.04. The summed E-state index contributed by atoms with van der Waals surface area (Å²) in [6.07, 6.45) is 0.194. The first-order valence-electron chi connectivity index (χ1n) is 6.25. The Bertz CT molecular complexity index is 554. The van der Waals surface area contributed by atoms with Gasteiger partial charge >= 0.3 is 0 Å². The number of benzene rings is 1. The third-order valence-corrected chi connectivity index (χ3v) is 3.25. The molecule has 1 aromatic carbocycles. The number of fused-ring (bicyclic) bond motifs is 1. The van der Waals surface area contributed by atoms with Crippen LogP contribution < -0.4 is 0 Å². The molecule has 0 radical (unpaired) electrons. The van der Waals surface area contributed by atoms with E-state index < -0.39 is 6.18 Å². The van der Waals surface area contributed by atoms with E-state index >= 15 is 0 Å². The highest BCUT2D eigenvalue weighted by atomic mass is 32.2. The van der Waals surface area contributed by atoms with Crippen LogP contribution in [0.25, 0.3) is 11.0 Å². The number of furan rings is 1. The number of hydrogen-bond acceptors (Lipinski definition) is 2. The molecular weight excluding hydrogens is 192 g/mol. The molecule has 1 aliphatic rings. The molecule has 14 heavy (non-hydrogen) atoms. The van der Waals surface area contributed by atoms with Gasteiger partial charge in [0.1, 0.15) is 11.3 Å². The van der Waals surface area contributed by atoms with Crippen molar-refractivity contribution in [2.75, 3.05) is 6.18 Å². The molecule has 2 heteroatoms. The first kappa shape index (κ1) is 5.86. The molecule has 1 fully saturated rings. The molecule has 0 saturated heterocycles. The van der Waals surface area contributed by atoms with Gasteiger partial charge in [0, 0.05) is 15.4 Å². The van der Waals surface area contributed by atoms with Crippen molar-refractivity contribution in [1.29, 1.82) is 0 Å². The minimum absolute atomic E-state index is 0.423. The van der Waals surface area contributed by atoms with Gasteiger partial charge in [0.15, 0.2) is 0 Å². The summed E-state index contributed by atoms with van der Waals surface area (Å²) >= 11 is 0.938. The van der Waals surface area contributed by atoms with Gasteiger partial charge in [0.05, 0.1) is 4.90 Å². The summed E-state index contributed by atoms with van der Waals surface area (Å²) in [7, 11) is 0. The Balaban J connectivity index is 2.14. The molecule has 0 unspecified atom stereocenters. The van der Waals surface area contributed by atoms with E-state index in [9.17, 15) is 0 Å². The number of hydrogen-bond donors (Lipinski definition) is 0. The highest BCUT2D eigenvalue weighted by Gasteiger charge is 2.30. The Kier molecular flexibility index (Phi) is 1.28. The van der Waals surface area contributed by atoms with E-state index in [4.69, 9.17) is 8.53 Å². The van der Waals surface area contributed by atoms with Crippen LogP contribution in [0.5, 0.6) is 0 Å². The maximum atomic E-state index is 7.40. The van der Waals surface area contributed by atoms with E-state index in [0.29, 0.717) is 5.92 Å².